The fourth-order valence-corrected chi connectivity index (χ4v) is 6.62. The molecule has 0 radical (unpaired) electrons. The van der Waals surface area contributed by atoms with Crippen LogP contribution >= 0.6 is 27.3 Å². The van der Waals surface area contributed by atoms with Gasteiger partial charge in [-0.3, -0.25) is 14.5 Å². The Morgan fingerprint density at radius 2 is 1.79 bits per heavy atom. The van der Waals surface area contributed by atoms with Gasteiger partial charge in [-0.15, -0.1) is 11.3 Å². The number of nitrogens with one attached hydrogen (secondary N) is 2. The molecule has 2 aromatic carbocycles. The third kappa shape index (κ3) is 9.34. The normalized spacial score (nSPS) is 17.2. The first-order valence-corrected chi connectivity index (χ1v) is 16.0. The number of rotatable bonds is 10. The lowest BCUT2D eigenvalue weighted by atomic mass is 9.96. The second kappa shape index (κ2) is 15.6. The highest BCUT2D eigenvalue weighted by Crippen LogP contribution is 2.28. The van der Waals surface area contributed by atoms with E-state index >= 15 is 0 Å². The summed E-state index contributed by atoms with van der Waals surface area (Å²) >= 11 is 4.63. The number of benzene rings is 2. The number of thiophene rings is 1. The Hall–Kier alpha value is -2.83. The van der Waals surface area contributed by atoms with Crippen molar-refractivity contribution in [3.05, 3.63) is 69.5 Å². The van der Waals surface area contributed by atoms with E-state index in [1.165, 1.54) is 11.3 Å². The van der Waals surface area contributed by atoms with E-state index in [1.807, 2.05) is 48.5 Å². The second-order valence-corrected chi connectivity index (χ2v) is 12.8. The van der Waals surface area contributed by atoms with Crippen molar-refractivity contribution in [1.29, 1.82) is 0 Å². The molecule has 1 saturated carbocycles. The molecule has 3 aromatic rings. The zero-order valence-corrected chi connectivity index (χ0v) is 26.1. The fourth-order valence-electron chi connectivity index (χ4n) is 5.17. The van der Waals surface area contributed by atoms with Crippen LogP contribution in [0, 0.1) is 0 Å². The molecule has 226 valence electrons. The van der Waals surface area contributed by atoms with E-state index < -0.39 is 17.6 Å². The summed E-state index contributed by atoms with van der Waals surface area (Å²) in [6, 6.07) is 16.6. The van der Waals surface area contributed by atoms with Gasteiger partial charge >= 0.3 is 5.97 Å². The Bertz CT molecular complexity index is 1340. The molecule has 11 heteroatoms. The summed E-state index contributed by atoms with van der Waals surface area (Å²) in [6.07, 6.45) is 4.61. The number of amides is 2. The van der Waals surface area contributed by atoms with Gasteiger partial charge in [-0.1, -0.05) is 65.2 Å². The number of morpholine rings is 1. The third-order valence-electron chi connectivity index (χ3n) is 7.60. The molecule has 0 bridgehead atoms. The van der Waals surface area contributed by atoms with Crippen molar-refractivity contribution in [1.82, 2.24) is 15.5 Å². The van der Waals surface area contributed by atoms with Crippen molar-refractivity contribution < 1.29 is 24.2 Å². The average molecular weight is 660 g/mol. The number of fused-ring (bicyclic) bond motifs is 1. The van der Waals surface area contributed by atoms with Gasteiger partial charge in [0.1, 0.15) is 10.9 Å². The Labute approximate surface area is 258 Å². The van der Waals surface area contributed by atoms with Crippen LogP contribution in [0.15, 0.2) is 59.1 Å². The Morgan fingerprint density at radius 3 is 2.48 bits per heavy atom. The lowest BCUT2D eigenvalue weighted by Crippen LogP contribution is -2.58. The highest BCUT2D eigenvalue weighted by Gasteiger charge is 2.38. The minimum absolute atomic E-state index is 0.147. The van der Waals surface area contributed by atoms with E-state index in [0.717, 1.165) is 72.2 Å². The van der Waals surface area contributed by atoms with Crippen molar-refractivity contribution >= 4 is 55.1 Å². The molecule has 2 heterocycles. The van der Waals surface area contributed by atoms with E-state index in [1.54, 1.807) is 6.07 Å². The standard InChI is InChI=1S/C22H34N4O3.C9H5BrO2S/c23-22(9-4-5-10-22)21(28)25-19(17-18-7-2-1-3-8-18)20(27)24-11-6-12-26-13-15-29-16-14-26;10-6-2-1-5-3-8(9(11)12)13-7(5)4-6/h1-3,7-8,19H,4-6,9-17,23H2,(H,24,27)(H,25,28);1-4H,(H,11,12)/t19-;/m1./s1. The molecule has 2 amide bonds. The Morgan fingerprint density at radius 1 is 1.07 bits per heavy atom. The highest BCUT2D eigenvalue weighted by molar-refractivity contribution is 9.10. The van der Waals surface area contributed by atoms with Gasteiger partial charge in [0.05, 0.1) is 18.8 Å². The lowest BCUT2D eigenvalue weighted by molar-refractivity contribution is -0.131. The summed E-state index contributed by atoms with van der Waals surface area (Å²) in [7, 11) is 0. The topological polar surface area (TPSA) is 134 Å². The summed E-state index contributed by atoms with van der Waals surface area (Å²) in [5.74, 6) is -1.22. The van der Waals surface area contributed by atoms with Crippen LogP contribution < -0.4 is 16.4 Å². The van der Waals surface area contributed by atoms with Crippen molar-refractivity contribution in [2.45, 2.75) is 50.1 Å². The summed E-state index contributed by atoms with van der Waals surface area (Å²) in [4.78, 5) is 39.0. The summed E-state index contributed by atoms with van der Waals surface area (Å²) in [6.45, 7) is 4.96. The van der Waals surface area contributed by atoms with Gasteiger partial charge in [0.15, 0.2) is 0 Å². The number of carbonyl (C=O) groups is 3. The number of nitrogens with two attached hydrogens (primary N) is 1. The van der Waals surface area contributed by atoms with Crippen LogP contribution in [0.2, 0.25) is 0 Å². The van der Waals surface area contributed by atoms with E-state index in [-0.39, 0.29) is 11.8 Å². The maximum atomic E-state index is 12.9. The van der Waals surface area contributed by atoms with Crippen molar-refractivity contribution in [3.63, 3.8) is 0 Å². The van der Waals surface area contributed by atoms with Crippen LogP contribution in [-0.2, 0) is 20.7 Å². The predicted molar refractivity (Wildman–Crippen MR) is 169 cm³/mol. The number of carbonyl (C=O) groups excluding carboxylic acids is 2. The Kier molecular flexibility index (Phi) is 11.9. The van der Waals surface area contributed by atoms with Crippen LogP contribution in [0.3, 0.4) is 0 Å². The quantitative estimate of drug-likeness (QED) is 0.240. The number of ether oxygens (including phenoxy) is 1. The molecule has 42 heavy (non-hydrogen) atoms. The van der Waals surface area contributed by atoms with Gasteiger partial charge in [-0.05, 0) is 55.0 Å². The van der Waals surface area contributed by atoms with E-state index in [4.69, 9.17) is 15.6 Å². The van der Waals surface area contributed by atoms with Crippen LogP contribution in [0.4, 0.5) is 0 Å². The minimum Gasteiger partial charge on any atom is -0.477 e. The molecule has 0 spiro atoms. The largest absolute Gasteiger partial charge is 0.477 e. The molecule has 1 aromatic heterocycles. The number of aromatic carboxylic acids is 1. The number of carboxylic acid groups (broad SMARTS) is 1. The number of nitrogens with zero attached hydrogens (tertiary/aromatic N) is 1. The monoisotopic (exact) mass is 658 g/mol. The molecule has 5 N–H and O–H groups in total. The smallest absolute Gasteiger partial charge is 0.345 e. The molecular formula is C31H39BrN4O5S. The lowest BCUT2D eigenvalue weighted by Gasteiger charge is -2.27. The number of carboxylic acids is 1. The Balaban J connectivity index is 0.000000258. The highest BCUT2D eigenvalue weighted by atomic mass is 79.9. The van der Waals surface area contributed by atoms with Crippen LogP contribution in [0.5, 0.6) is 0 Å². The van der Waals surface area contributed by atoms with E-state index in [9.17, 15) is 14.4 Å². The molecule has 2 aliphatic rings. The zero-order valence-electron chi connectivity index (χ0n) is 23.6. The molecule has 1 saturated heterocycles. The van der Waals surface area contributed by atoms with Gasteiger partial charge in [-0.2, -0.15) is 0 Å². The maximum Gasteiger partial charge on any atom is 0.345 e. The van der Waals surface area contributed by atoms with Gasteiger partial charge < -0.3 is 26.2 Å². The van der Waals surface area contributed by atoms with Crippen LogP contribution in [0.1, 0.15) is 47.3 Å². The molecule has 9 nitrogen and oxygen atoms in total. The second-order valence-electron chi connectivity index (χ2n) is 10.8. The third-order valence-corrected chi connectivity index (χ3v) is 9.18. The zero-order chi connectivity index (χ0) is 30.0. The fraction of sp³-hybridized carbons (Fsp3) is 0.452. The first-order chi connectivity index (χ1) is 20.2. The first-order valence-electron chi connectivity index (χ1n) is 14.4. The van der Waals surface area contributed by atoms with Gasteiger partial charge in [-0.25, -0.2) is 4.79 Å². The van der Waals surface area contributed by atoms with Crippen molar-refractivity contribution in [2.75, 3.05) is 39.4 Å². The van der Waals surface area contributed by atoms with Crippen molar-refractivity contribution in [3.8, 4) is 0 Å². The van der Waals surface area contributed by atoms with E-state index in [2.05, 4.69) is 31.5 Å². The first kappa shape index (κ1) is 32.1. The van der Waals surface area contributed by atoms with E-state index in [0.29, 0.717) is 30.7 Å². The number of hydrogen-bond acceptors (Lipinski definition) is 7. The number of hydrogen-bond donors (Lipinski definition) is 4. The molecule has 1 aliphatic carbocycles. The predicted octanol–water partition coefficient (Wildman–Crippen LogP) is 4.19. The molecule has 1 aliphatic heterocycles. The van der Waals surface area contributed by atoms with Crippen LogP contribution in [0.25, 0.3) is 10.1 Å². The SMILES string of the molecule is NC1(C(=O)N[C@H](Cc2ccccc2)C(=O)NCCCN2CCOCC2)CCCC1.O=C(O)c1cc2ccc(Br)cc2s1. The van der Waals surface area contributed by atoms with Crippen molar-refractivity contribution in [2.24, 2.45) is 5.73 Å². The minimum atomic E-state index is -0.864. The van der Waals surface area contributed by atoms with Gasteiger partial charge in [0.25, 0.3) is 0 Å². The molecular weight excluding hydrogens is 620 g/mol. The van der Waals surface area contributed by atoms with Gasteiger partial charge in [0.2, 0.25) is 11.8 Å². The molecule has 1 atom stereocenters. The van der Waals surface area contributed by atoms with Gasteiger partial charge in [0, 0.05) is 35.2 Å². The maximum absolute atomic E-state index is 12.9. The molecule has 0 unspecified atom stereocenters. The van der Waals surface area contributed by atoms with Crippen LogP contribution in [-0.4, -0.2) is 78.8 Å². The molecule has 5 rings (SSSR count). The summed E-state index contributed by atoms with van der Waals surface area (Å²) in [5, 5.41) is 15.7. The summed E-state index contributed by atoms with van der Waals surface area (Å²) < 4.78 is 7.32. The molecule has 2 fully saturated rings. The number of halogens is 1. The average Bonchev–Trinajstić information content (AvgIpc) is 3.63. The summed E-state index contributed by atoms with van der Waals surface area (Å²) in [5.41, 5.74) is 6.46.